The highest BCUT2D eigenvalue weighted by Gasteiger charge is 2.05. The molecular formula is C11H16N6S. The SMILES string of the molecule is CCCNCc1cnc(Sc2ncnn2C)nc1. The van der Waals surface area contributed by atoms with Gasteiger partial charge in [0.2, 0.25) is 0 Å². The lowest BCUT2D eigenvalue weighted by atomic mass is 10.3. The second kappa shape index (κ2) is 6.46. The molecule has 2 aromatic rings. The van der Waals surface area contributed by atoms with Crippen molar-refractivity contribution in [1.82, 2.24) is 30.0 Å². The molecule has 0 aromatic carbocycles. The molecule has 7 heteroatoms. The number of aryl methyl sites for hydroxylation is 1. The van der Waals surface area contributed by atoms with Crippen LogP contribution in [0.3, 0.4) is 0 Å². The Balaban J connectivity index is 1.93. The van der Waals surface area contributed by atoms with Crippen LogP contribution in [0, 0.1) is 0 Å². The Morgan fingerprint density at radius 1 is 1.28 bits per heavy atom. The number of hydrogen-bond acceptors (Lipinski definition) is 6. The highest BCUT2D eigenvalue weighted by atomic mass is 32.2. The summed E-state index contributed by atoms with van der Waals surface area (Å²) in [4.78, 5) is 12.7. The standard InChI is InChI=1S/C11H16N6S/c1-3-4-12-5-9-6-13-10(14-7-9)18-11-15-8-16-17(11)2/h6-8,12H,3-5H2,1-2H3. The Morgan fingerprint density at radius 2 is 2.06 bits per heavy atom. The average molecular weight is 264 g/mol. The minimum atomic E-state index is 0.686. The van der Waals surface area contributed by atoms with Crippen molar-refractivity contribution in [2.75, 3.05) is 6.54 Å². The third kappa shape index (κ3) is 3.51. The van der Waals surface area contributed by atoms with Crippen LogP contribution in [0.1, 0.15) is 18.9 Å². The van der Waals surface area contributed by atoms with E-state index in [0.29, 0.717) is 5.16 Å². The summed E-state index contributed by atoms with van der Waals surface area (Å²) >= 11 is 1.40. The van der Waals surface area contributed by atoms with E-state index >= 15 is 0 Å². The van der Waals surface area contributed by atoms with Gasteiger partial charge in [0.15, 0.2) is 10.3 Å². The van der Waals surface area contributed by atoms with Crippen LogP contribution in [0.5, 0.6) is 0 Å². The number of rotatable bonds is 6. The first-order valence-corrected chi connectivity index (χ1v) is 6.64. The Bertz CT molecular complexity index is 481. The van der Waals surface area contributed by atoms with Crippen LogP contribution in [0.25, 0.3) is 0 Å². The lowest BCUT2D eigenvalue weighted by molar-refractivity contribution is 0.668. The normalized spacial score (nSPS) is 10.8. The predicted molar refractivity (Wildman–Crippen MR) is 69.2 cm³/mol. The van der Waals surface area contributed by atoms with E-state index in [0.717, 1.165) is 30.2 Å². The maximum Gasteiger partial charge on any atom is 0.195 e. The van der Waals surface area contributed by atoms with Crippen molar-refractivity contribution in [2.45, 2.75) is 30.2 Å². The topological polar surface area (TPSA) is 68.5 Å². The molecule has 0 fully saturated rings. The van der Waals surface area contributed by atoms with Crippen LogP contribution in [0.2, 0.25) is 0 Å². The minimum Gasteiger partial charge on any atom is -0.313 e. The number of nitrogens with zero attached hydrogens (tertiary/aromatic N) is 5. The quantitative estimate of drug-likeness (QED) is 0.625. The first-order chi connectivity index (χ1) is 8.79. The zero-order chi connectivity index (χ0) is 12.8. The molecule has 0 spiro atoms. The minimum absolute atomic E-state index is 0.686. The third-order valence-electron chi connectivity index (χ3n) is 2.29. The highest BCUT2D eigenvalue weighted by molar-refractivity contribution is 7.99. The van der Waals surface area contributed by atoms with Crippen molar-refractivity contribution >= 4 is 11.8 Å². The summed E-state index contributed by atoms with van der Waals surface area (Å²) in [6, 6.07) is 0. The second-order valence-corrected chi connectivity index (χ2v) is 4.75. The Morgan fingerprint density at radius 3 is 2.67 bits per heavy atom. The summed E-state index contributed by atoms with van der Waals surface area (Å²) in [5.74, 6) is 0. The Hall–Kier alpha value is -1.47. The molecule has 1 N–H and O–H groups in total. The summed E-state index contributed by atoms with van der Waals surface area (Å²) in [6.07, 6.45) is 6.33. The molecule has 0 atom stereocenters. The Labute approximate surface area is 110 Å². The molecule has 0 radical (unpaired) electrons. The van der Waals surface area contributed by atoms with Gasteiger partial charge in [-0.3, -0.25) is 0 Å². The lowest BCUT2D eigenvalue weighted by Crippen LogP contribution is -2.14. The molecule has 0 aliphatic rings. The first kappa shape index (κ1) is 13.0. The van der Waals surface area contributed by atoms with Gasteiger partial charge in [-0.1, -0.05) is 6.92 Å². The van der Waals surface area contributed by atoms with E-state index < -0.39 is 0 Å². The molecule has 2 aromatic heterocycles. The van der Waals surface area contributed by atoms with Crippen LogP contribution < -0.4 is 5.32 Å². The molecule has 0 bridgehead atoms. The first-order valence-electron chi connectivity index (χ1n) is 5.83. The Kier molecular flexibility index (Phi) is 4.66. The molecule has 6 nitrogen and oxygen atoms in total. The molecule has 0 saturated carbocycles. The summed E-state index contributed by atoms with van der Waals surface area (Å²) in [7, 11) is 1.85. The second-order valence-electron chi connectivity index (χ2n) is 3.82. The van der Waals surface area contributed by atoms with Gasteiger partial charge < -0.3 is 5.32 Å². The van der Waals surface area contributed by atoms with Crippen molar-refractivity contribution in [2.24, 2.45) is 7.05 Å². The van der Waals surface area contributed by atoms with E-state index in [1.54, 1.807) is 4.68 Å². The van der Waals surface area contributed by atoms with Crippen molar-refractivity contribution in [3.05, 3.63) is 24.3 Å². The number of hydrogen-bond donors (Lipinski definition) is 1. The van der Waals surface area contributed by atoms with Gasteiger partial charge in [0.05, 0.1) is 0 Å². The van der Waals surface area contributed by atoms with Crippen molar-refractivity contribution < 1.29 is 0 Å². The van der Waals surface area contributed by atoms with E-state index in [1.165, 1.54) is 18.1 Å². The molecule has 96 valence electrons. The molecule has 0 aliphatic heterocycles. The van der Waals surface area contributed by atoms with E-state index in [9.17, 15) is 0 Å². The van der Waals surface area contributed by atoms with E-state index in [-0.39, 0.29) is 0 Å². The molecule has 0 aliphatic carbocycles. The maximum absolute atomic E-state index is 4.30. The van der Waals surface area contributed by atoms with Crippen LogP contribution in [-0.2, 0) is 13.6 Å². The molecule has 0 amide bonds. The van der Waals surface area contributed by atoms with Gasteiger partial charge in [-0.25, -0.2) is 19.6 Å². The van der Waals surface area contributed by atoms with Gasteiger partial charge >= 0.3 is 0 Å². The molecule has 2 heterocycles. The summed E-state index contributed by atoms with van der Waals surface area (Å²) in [5, 5.41) is 8.78. The zero-order valence-electron chi connectivity index (χ0n) is 10.5. The van der Waals surface area contributed by atoms with Crippen LogP contribution >= 0.6 is 11.8 Å². The summed E-state index contributed by atoms with van der Waals surface area (Å²) in [6.45, 7) is 3.96. The van der Waals surface area contributed by atoms with Crippen LogP contribution in [-0.4, -0.2) is 31.3 Å². The monoisotopic (exact) mass is 264 g/mol. The largest absolute Gasteiger partial charge is 0.313 e. The maximum atomic E-state index is 4.30. The van der Waals surface area contributed by atoms with Crippen molar-refractivity contribution in [1.29, 1.82) is 0 Å². The summed E-state index contributed by atoms with van der Waals surface area (Å²) in [5.41, 5.74) is 1.09. The lowest BCUT2D eigenvalue weighted by Gasteiger charge is -2.03. The molecule has 2 rings (SSSR count). The van der Waals surface area contributed by atoms with Gasteiger partial charge in [0.25, 0.3) is 0 Å². The van der Waals surface area contributed by atoms with Gasteiger partial charge in [0.1, 0.15) is 6.33 Å². The van der Waals surface area contributed by atoms with Gasteiger partial charge in [0, 0.05) is 31.5 Å². The van der Waals surface area contributed by atoms with Gasteiger partial charge in [-0.2, -0.15) is 5.10 Å². The van der Waals surface area contributed by atoms with Crippen molar-refractivity contribution in [3.63, 3.8) is 0 Å². The fraction of sp³-hybridized carbons (Fsp3) is 0.455. The molecular weight excluding hydrogens is 248 g/mol. The predicted octanol–water partition coefficient (Wildman–Crippen LogP) is 1.26. The molecule has 0 saturated heterocycles. The fourth-order valence-corrected chi connectivity index (χ4v) is 2.01. The van der Waals surface area contributed by atoms with Crippen molar-refractivity contribution in [3.8, 4) is 0 Å². The molecule has 0 unspecified atom stereocenters. The number of aromatic nitrogens is 5. The van der Waals surface area contributed by atoms with Gasteiger partial charge in [-0.15, -0.1) is 0 Å². The van der Waals surface area contributed by atoms with E-state index in [4.69, 9.17) is 0 Å². The van der Waals surface area contributed by atoms with Gasteiger partial charge in [-0.05, 0) is 24.7 Å². The van der Waals surface area contributed by atoms with E-state index in [2.05, 4.69) is 32.3 Å². The molecule has 18 heavy (non-hydrogen) atoms. The average Bonchev–Trinajstić information content (AvgIpc) is 2.78. The smallest absolute Gasteiger partial charge is 0.195 e. The van der Waals surface area contributed by atoms with Crippen LogP contribution in [0.4, 0.5) is 0 Å². The number of nitrogens with one attached hydrogen (secondary N) is 1. The summed E-state index contributed by atoms with van der Waals surface area (Å²) < 4.78 is 1.70. The van der Waals surface area contributed by atoms with Crippen LogP contribution in [0.15, 0.2) is 29.0 Å². The van der Waals surface area contributed by atoms with E-state index in [1.807, 2.05) is 19.4 Å². The highest BCUT2D eigenvalue weighted by Crippen LogP contribution is 2.20. The fourth-order valence-electron chi connectivity index (χ4n) is 1.36. The zero-order valence-corrected chi connectivity index (χ0v) is 11.3. The third-order valence-corrected chi connectivity index (χ3v) is 3.24.